The molecule has 1 aliphatic heterocycles. The van der Waals surface area contributed by atoms with Gasteiger partial charge in [0, 0.05) is 6.54 Å². The summed E-state index contributed by atoms with van der Waals surface area (Å²) in [5.41, 5.74) is 0.0253. The maximum absolute atomic E-state index is 12.0. The number of nitrogens with zero attached hydrogens (tertiary/aromatic N) is 1. The molecule has 1 aromatic rings. The molecule has 0 aromatic heterocycles. The smallest absolute Gasteiger partial charge is 0.530 e. The predicted molar refractivity (Wildman–Crippen MR) is 63.3 cm³/mol. The number of ether oxygens (including phenoxy) is 2. The van der Waals surface area contributed by atoms with Crippen LogP contribution in [0.3, 0.4) is 0 Å². The molecule has 116 valence electrons. The maximum Gasteiger partial charge on any atom is 0.573 e. The molecular formula is C13H13F3NO4-. The first-order chi connectivity index (χ1) is 9.67. The lowest BCUT2D eigenvalue weighted by Crippen LogP contribution is -2.44. The minimum absolute atomic E-state index is 0.00752. The van der Waals surface area contributed by atoms with Crippen molar-refractivity contribution >= 4 is 6.09 Å². The molecule has 1 saturated heterocycles. The summed E-state index contributed by atoms with van der Waals surface area (Å²) in [5, 5.41) is 11.0. The van der Waals surface area contributed by atoms with E-state index in [1.807, 2.05) is 0 Å². The van der Waals surface area contributed by atoms with Crippen molar-refractivity contribution in [1.82, 2.24) is 4.90 Å². The first-order valence-electron chi connectivity index (χ1n) is 6.11. The number of hydrogen-bond acceptors (Lipinski definition) is 4. The first kappa shape index (κ1) is 15.4. The molecule has 1 heterocycles. The van der Waals surface area contributed by atoms with Gasteiger partial charge in [-0.15, -0.1) is 13.2 Å². The average molecular weight is 304 g/mol. The summed E-state index contributed by atoms with van der Waals surface area (Å²) in [6, 6.07) is 5.00. The number of benzene rings is 1. The SMILES string of the molecule is CC1(CN(Cc2ccc(OC(F)(F)F)cc2)C(=O)[O-])CO1. The normalized spacial score (nSPS) is 21.0. The number of hydrogen-bond donors (Lipinski definition) is 0. The Labute approximate surface area is 118 Å². The van der Waals surface area contributed by atoms with E-state index in [4.69, 9.17) is 4.74 Å². The van der Waals surface area contributed by atoms with E-state index in [0.29, 0.717) is 12.2 Å². The van der Waals surface area contributed by atoms with Crippen molar-refractivity contribution in [1.29, 1.82) is 0 Å². The number of rotatable bonds is 5. The molecule has 0 radical (unpaired) electrons. The van der Waals surface area contributed by atoms with Gasteiger partial charge in [0.05, 0.1) is 13.2 Å². The van der Waals surface area contributed by atoms with Crippen molar-refractivity contribution in [3.05, 3.63) is 29.8 Å². The van der Waals surface area contributed by atoms with Gasteiger partial charge in [0.25, 0.3) is 0 Å². The molecule has 1 atom stereocenters. The van der Waals surface area contributed by atoms with Crippen LogP contribution in [0.5, 0.6) is 5.75 Å². The third-order valence-corrected chi connectivity index (χ3v) is 2.95. The highest BCUT2D eigenvalue weighted by Crippen LogP contribution is 2.28. The van der Waals surface area contributed by atoms with E-state index in [-0.39, 0.29) is 18.8 Å². The average Bonchev–Trinajstić information content (AvgIpc) is 3.07. The van der Waals surface area contributed by atoms with E-state index < -0.39 is 18.1 Å². The molecule has 1 amide bonds. The molecule has 1 aliphatic rings. The Bertz CT molecular complexity index is 511. The quantitative estimate of drug-likeness (QED) is 0.774. The van der Waals surface area contributed by atoms with Gasteiger partial charge in [-0.25, -0.2) is 0 Å². The number of amides is 1. The van der Waals surface area contributed by atoms with E-state index in [9.17, 15) is 23.1 Å². The van der Waals surface area contributed by atoms with Gasteiger partial charge in [-0.3, -0.25) is 0 Å². The van der Waals surface area contributed by atoms with Gasteiger partial charge in [0.15, 0.2) is 0 Å². The third kappa shape index (κ3) is 4.82. The Morgan fingerprint density at radius 1 is 1.43 bits per heavy atom. The van der Waals surface area contributed by atoms with E-state index in [1.54, 1.807) is 6.92 Å². The van der Waals surface area contributed by atoms with Crippen LogP contribution in [-0.2, 0) is 11.3 Å². The van der Waals surface area contributed by atoms with Crippen molar-refractivity contribution < 1.29 is 32.5 Å². The van der Waals surface area contributed by atoms with Crippen LogP contribution in [-0.4, -0.2) is 36.1 Å². The van der Waals surface area contributed by atoms with E-state index in [2.05, 4.69) is 4.74 Å². The van der Waals surface area contributed by atoms with Crippen LogP contribution >= 0.6 is 0 Å². The summed E-state index contributed by atoms with van der Waals surface area (Å²) in [7, 11) is 0. The van der Waals surface area contributed by atoms with Gasteiger partial charge in [0.1, 0.15) is 17.4 Å². The highest BCUT2D eigenvalue weighted by atomic mass is 19.4. The van der Waals surface area contributed by atoms with Crippen LogP contribution in [0.2, 0.25) is 0 Å². The highest BCUT2D eigenvalue weighted by Gasteiger charge is 2.41. The second kappa shape index (κ2) is 5.44. The molecule has 0 saturated carbocycles. The molecule has 0 spiro atoms. The van der Waals surface area contributed by atoms with Gasteiger partial charge in [0.2, 0.25) is 0 Å². The predicted octanol–water partition coefficient (Wildman–Crippen LogP) is 1.52. The maximum atomic E-state index is 12.0. The Balaban J connectivity index is 1.99. The van der Waals surface area contributed by atoms with E-state index in [0.717, 1.165) is 17.0 Å². The zero-order chi connectivity index (χ0) is 15.7. The van der Waals surface area contributed by atoms with E-state index >= 15 is 0 Å². The summed E-state index contributed by atoms with van der Waals surface area (Å²) in [6.07, 6.45) is -6.11. The second-order valence-corrected chi connectivity index (χ2v) is 5.05. The number of carbonyl (C=O) groups excluding carboxylic acids is 1. The van der Waals surface area contributed by atoms with Crippen LogP contribution in [0.25, 0.3) is 0 Å². The van der Waals surface area contributed by atoms with Crippen LogP contribution in [0, 0.1) is 0 Å². The minimum Gasteiger partial charge on any atom is -0.530 e. The lowest BCUT2D eigenvalue weighted by Gasteiger charge is -2.27. The molecule has 21 heavy (non-hydrogen) atoms. The topological polar surface area (TPSA) is 65.1 Å². The van der Waals surface area contributed by atoms with Crippen molar-refractivity contribution in [3.63, 3.8) is 0 Å². The van der Waals surface area contributed by atoms with E-state index in [1.165, 1.54) is 12.1 Å². The molecule has 1 fully saturated rings. The zero-order valence-corrected chi connectivity index (χ0v) is 11.1. The van der Waals surface area contributed by atoms with Gasteiger partial charge < -0.3 is 24.3 Å². The lowest BCUT2D eigenvalue weighted by molar-refractivity contribution is -0.274. The molecule has 0 N–H and O–H groups in total. The Hall–Kier alpha value is -1.96. The third-order valence-electron chi connectivity index (χ3n) is 2.95. The number of alkyl halides is 3. The van der Waals surface area contributed by atoms with Crippen molar-refractivity contribution in [2.75, 3.05) is 13.2 Å². The molecule has 8 heteroatoms. The fourth-order valence-electron chi connectivity index (χ4n) is 1.82. The largest absolute Gasteiger partial charge is 0.573 e. The van der Waals surface area contributed by atoms with Crippen LogP contribution in [0.15, 0.2) is 24.3 Å². The van der Waals surface area contributed by atoms with Gasteiger partial charge in [-0.05, 0) is 24.6 Å². The van der Waals surface area contributed by atoms with Crippen molar-refractivity contribution in [2.45, 2.75) is 25.4 Å². The number of halogens is 3. The Morgan fingerprint density at radius 2 is 2.00 bits per heavy atom. The summed E-state index contributed by atoms with van der Waals surface area (Å²) in [4.78, 5) is 12.1. The van der Waals surface area contributed by atoms with Crippen molar-refractivity contribution in [2.24, 2.45) is 0 Å². The molecule has 5 nitrogen and oxygen atoms in total. The fraction of sp³-hybridized carbons (Fsp3) is 0.462. The van der Waals surface area contributed by atoms with Crippen molar-refractivity contribution in [3.8, 4) is 5.75 Å². The highest BCUT2D eigenvalue weighted by molar-refractivity contribution is 5.62. The van der Waals surface area contributed by atoms with Crippen LogP contribution in [0.4, 0.5) is 18.0 Å². The number of epoxide rings is 1. The zero-order valence-electron chi connectivity index (χ0n) is 11.1. The summed E-state index contributed by atoms with van der Waals surface area (Å²) >= 11 is 0. The van der Waals surface area contributed by atoms with Crippen LogP contribution < -0.4 is 9.84 Å². The molecular weight excluding hydrogens is 291 g/mol. The second-order valence-electron chi connectivity index (χ2n) is 5.05. The monoisotopic (exact) mass is 304 g/mol. The molecule has 1 aromatic carbocycles. The Morgan fingerprint density at radius 3 is 2.43 bits per heavy atom. The number of carbonyl (C=O) groups is 1. The number of carboxylic acid groups (broad SMARTS) is 1. The Kier molecular flexibility index (Phi) is 3.99. The standard InChI is InChI=1S/C13H14F3NO4/c1-12(8-20-12)7-17(11(18)19)6-9-2-4-10(5-3-9)21-13(14,15)16/h2-5H,6-8H2,1H3,(H,18,19)/p-1. The fourth-order valence-corrected chi connectivity index (χ4v) is 1.82. The molecule has 0 bridgehead atoms. The summed E-state index contributed by atoms with van der Waals surface area (Å²) < 4.78 is 44.9. The molecule has 2 rings (SSSR count). The van der Waals surface area contributed by atoms with Gasteiger partial charge in [-0.2, -0.15) is 0 Å². The van der Waals surface area contributed by atoms with Crippen LogP contribution in [0.1, 0.15) is 12.5 Å². The molecule has 0 aliphatic carbocycles. The van der Waals surface area contributed by atoms with Gasteiger partial charge >= 0.3 is 6.36 Å². The first-order valence-corrected chi connectivity index (χ1v) is 6.11. The molecule has 1 unspecified atom stereocenters. The summed E-state index contributed by atoms with van der Waals surface area (Å²) in [5.74, 6) is -0.358. The lowest BCUT2D eigenvalue weighted by atomic mass is 10.1. The van der Waals surface area contributed by atoms with Gasteiger partial charge in [-0.1, -0.05) is 12.1 Å². The minimum atomic E-state index is -4.75. The summed E-state index contributed by atoms with van der Waals surface area (Å²) in [6.45, 7) is 2.39.